The predicted octanol–water partition coefficient (Wildman–Crippen LogP) is 8.70. The molecule has 0 saturated heterocycles. The largest absolute Gasteiger partial charge is 0.456 e. The average Bonchev–Trinajstić information content (AvgIpc) is 3.26. The summed E-state index contributed by atoms with van der Waals surface area (Å²) in [5.41, 5.74) is 6.40. The van der Waals surface area contributed by atoms with Crippen LogP contribution in [0.4, 0.5) is 0 Å². The number of aryl methyl sites for hydroxylation is 2. The van der Waals surface area contributed by atoms with Crippen LogP contribution >= 0.6 is 0 Å². The second-order valence-corrected chi connectivity index (χ2v) is 8.40. The first-order valence-corrected chi connectivity index (χ1v) is 11.0. The lowest BCUT2D eigenvalue weighted by atomic mass is 10.0. The number of hydrogen-bond donors (Lipinski definition) is 0. The summed E-state index contributed by atoms with van der Waals surface area (Å²) in [6, 6.07) is 17.3. The molecule has 0 atom stereocenters. The Morgan fingerprint density at radius 1 is 0.586 bits per heavy atom. The van der Waals surface area contributed by atoms with E-state index in [9.17, 15) is 0 Å². The van der Waals surface area contributed by atoms with E-state index in [4.69, 9.17) is 8.83 Å². The lowest BCUT2D eigenvalue weighted by molar-refractivity contribution is 0.607. The van der Waals surface area contributed by atoms with Gasteiger partial charge in [-0.05, 0) is 61.7 Å². The van der Waals surface area contributed by atoms with Gasteiger partial charge in [0, 0.05) is 21.5 Å². The summed E-state index contributed by atoms with van der Waals surface area (Å²) in [6.45, 7) is 4.38. The van der Waals surface area contributed by atoms with Crippen LogP contribution in [0.3, 0.4) is 0 Å². The SMILES string of the molecule is CCCCCCCCc1ccc2oc3cc4c(cc3c2c1)oc1ccc(C)cc14. The maximum absolute atomic E-state index is 6.19. The highest BCUT2D eigenvalue weighted by Crippen LogP contribution is 2.37. The summed E-state index contributed by atoms with van der Waals surface area (Å²) in [5.74, 6) is 0. The van der Waals surface area contributed by atoms with Gasteiger partial charge in [-0.1, -0.05) is 56.7 Å². The third-order valence-electron chi connectivity index (χ3n) is 6.10. The van der Waals surface area contributed by atoms with E-state index in [1.54, 1.807) is 0 Å². The van der Waals surface area contributed by atoms with Crippen LogP contribution in [-0.2, 0) is 6.42 Å². The highest BCUT2D eigenvalue weighted by Gasteiger charge is 2.13. The van der Waals surface area contributed by atoms with Crippen molar-refractivity contribution in [3.8, 4) is 0 Å². The van der Waals surface area contributed by atoms with E-state index in [1.807, 2.05) is 0 Å². The molecule has 0 bridgehead atoms. The smallest absolute Gasteiger partial charge is 0.136 e. The topological polar surface area (TPSA) is 26.3 Å². The van der Waals surface area contributed by atoms with Crippen molar-refractivity contribution in [3.63, 3.8) is 0 Å². The van der Waals surface area contributed by atoms with Crippen molar-refractivity contribution >= 4 is 43.9 Å². The molecule has 5 aromatic rings. The molecule has 0 radical (unpaired) electrons. The molecule has 0 N–H and O–H groups in total. The fourth-order valence-corrected chi connectivity index (χ4v) is 4.47. The molecule has 0 unspecified atom stereocenters. The zero-order chi connectivity index (χ0) is 19.8. The third-order valence-corrected chi connectivity index (χ3v) is 6.10. The Morgan fingerprint density at radius 3 is 1.90 bits per heavy atom. The van der Waals surface area contributed by atoms with Gasteiger partial charge in [0.25, 0.3) is 0 Å². The van der Waals surface area contributed by atoms with Crippen LogP contribution in [0.2, 0.25) is 0 Å². The highest BCUT2D eigenvalue weighted by atomic mass is 16.3. The van der Waals surface area contributed by atoms with Gasteiger partial charge in [-0.15, -0.1) is 0 Å². The molecular formula is C27H28O2. The molecule has 0 fully saturated rings. The Labute approximate surface area is 171 Å². The number of benzene rings is 3. The Hall–Kier alpha value is -2.74. The molecule has 3 aromatic carbocycles. The molecule has 0 aliphatic rings. The molecule has 0 spiro atoms. The highest BCUT2D eigenvalue weighted by molar-refractivity contribution is 6.14. The third kappa shape index (κ3) is 3.42. The molecule has 5 rings (SSSR count). The van der Waals surface area contributed by atoms with Crippen molar-refractivity contribution in [3.05, 3.63) is 59.7 Å². The fraction of sp³-hybridized carbons (Fsp3) is 0.333. The number of unbranched alkanes of at least 4 members (excludes halogenated alkanes) is 5. The first-order chi connectivity index (χ1) is 14.2. The standard InChI is InChI=1S/C27H28O2/c1-3-4-5-6-7-8-9-19-11-13-25-21(15-19)23-17-26-22(16-27(23)29-25)20-14-18(2)10-12-24(20)28-26/h10-17H,3-9H2,1-2H3. The van der Waals surface area contributed by atoms with E-state index >= 15 is 0 Å². The number of rotatable bonds is 7. The molecule has 2 nitrogen and oxygen atoms in total. The molecule has 2 heterocycles. The Kier molecular flexibility index (Phi) is 4.79. The molecule has 0 aliphatic heterocycles. The second-order valence-electron chi connectivity index (χ2n) is 8.40. The van der Waals surface area contributed by atoms with E-state index in [2.05, 4.69) is 62.4 Å². The van der Waals surface area contributed by atoms with Crippen LogP contribution in [0.15, 0.2) is 57.4 Å². The average molecular weight is 385 g/mol. The van der Waals surface area contributed by atoms with Crippen molar-refractivity contribution in [2.75, 3.05) is 0 Å². The zero-order valence-electron chi connectivity index (χ0n) is 17.4. The monoisotopic (exact) mass is 384 g/mol. The summed E-state index contributed by atoms with van der Waals surface area (Å²) in [5, 5.41) is 4.63. The maximum atomic E-state index is 6.19. The van der Waals surface area contributed by atoms with Gasteiger partial charge >= 0.3 is 0 Å². The minimum Gasteiger partial charge on any atom is -0.456 e. The van der Waals surface area contributed by atoms with Gasteiger partial charge in [0.15, 0.2) is 0 Å². The van der Waals surface area contributed by atoms with Crippen molar-refractivity contribution in [1.82, 2.24) is 0 Å². The molecule has 148 valence electrons. The van der Waals surface area contributed by atoms with Gasteiger partial charge in [-0.2, -0.15) is 0 Å². The van der Waals surface area contributed by atoms with E-state index < -0.39 is 0 Å². The van der Waals surface area contributed by atoms with E-state index in [0.29, 0.717) is 0 Å². The van der Waals surface area contributed by atoms with Gasteiger partial charge in [0.2, 0.25) is 0 Å². The number of furan rings is 2. The molecule has 0 saturated carbocycles. The van der Waals surface area contributed by atoms with Crippen LogP contribution in [0.25, 0.3) is 43.9 Å². The molecular weight excluding hydrogens is 356 g/mol. The molecule has 29 heavy (non-hydrogen) atoms. The van der Waals surface area contributed by atoms with Crippen LogP contribution in [-0.4, -0.2) is 0 Å². The van der Waals surface area contributed by atoms with Crippen LogP contribution < -0.4 is 0 Å². The zero-order valence-corrected chi connectivity index (χ0v) is 17.4. The van der Waals surface area contributed by atoms with E-state index in [-0.39, 0.29) is 0 Å². The van der Waals surface area contributed by atoms with Crippen molar-refractivity contribution in [2.24, 2.45) is 0 Å². The fourth-order valence-electron chi connectivity index (χ4n) is 4.47. The first kappa shape index (κ1) is 18.3. The summed E-state index contributed by atoms with van der Waals surface area (Å²) in [4.78, 5) is 0. The number of hydrogen-bond acceptors (Lipinski definition) is 2. The summed E-state index contributed by atoms with van der Waals surface area (Å²) in [7, 11) is 0. The van der Waals surface area contributed by atoms with Gasteiger partial charge in [-0.3, -0.25) is 0 Å². The van der Waals surface area contributed by atoms with Crippen molar-refractivity contribution < 1.29 is 8.83 Å². The van der Waals surface area contributed by atoms with Gasteiger partial charge in [0.1, 0.15) is 22.3 Å². The number of fused-ring (bicyclic) bond motifs is 6. The second kappa shape index (κ2) is 7.59. The van der Waals surface area contributed by atoms with Crippen LogP contribution in [0, 0.1) is 6.92 Å². The lowest BCUT2D eigenvalue weighted by Crippen LogP contribution is -1.86. The molecule has 2 aromatic heterocycles. The van der Waals surface area contributed by atoms with E-state index in [0.717, 1.165) is 44.9 Å². The quantitative estimate of drug-likeness (QED) is 0.262. The molecule has 2 heteroatoms. The van der Waals surface area contributed by atoms with Crippen molar-refractivity contribution in [2.45, 2.75) is 58.8 Å². The maximum Gasteiger partial charge on any atom is 0.136 e. The summed E-state index contributed by atoms with van der Waals surface area (Å²) >= 11 is 0. The van der Waals surface area contributed by atoms with Gasteiger partial charge < -0.3 is 8.83 Å². The Morgan fingerprint density at radius 2 is 1.17 bits per heavy atom. The Balaban J connectivity index is 1.49. The normalized spacial score (nSPS) is 12.1. The molecule has 0 aliphatic carbocycles. The Bertz CT molecular complexity index is 1300. The minimum absolute atomic E-state index is 0.933. The van der Waals surface area contributed by atoms with E-state index in [1.165, 1.54) is 55.0 Å². The first-order valence-electron chi connectivity index (χ1n) is 11.0. The van der Waals surface area contributed by atoms with Crippen LogP contribution in [0.5, 0.6) is 0 Å². The van der Waals surface area contributed by atoms with Gasteiger partial charge in [-0.25, -0.2) is 0 Å². The molecule has 0 amide bonds. The van der Waals surface area contributed by atoms with Crippen molar-refractivity contribution in [1.29, 1.82) is 0 Å². The van der Waals surface area contributed by atoms with Crippen LogP contribution in [0.1, 0.15) is 56.6 Å². The minimum atomic E-state index is 0.933. The summed E-state index contributed by atoms with van der Waals surface area (Å²) in [6.07, 6.45) is 9.12. The lowest BCUT2D eigenvalue weighted by Gasteiger charge is -2.02. The van der Waals surface area contributed by atoms with Gasteiger partial charge in [0.05, 0.1) is 0 Å². The summed E-state index contributed by atoms with van der Waals surface area (Å²) < 4.78 is 12.3. The predicted molar refractivity (Wildman–Crippen MR) is 123 cm³/mol.